The third-order valence-electron chi connectivity index (χ3n) is 5.81. The molecule has 3 N–H and O–H groups in total. The molecule has 2 aliphatic rings. The predicted octanol–water partition coefficient (Wildman–Crippen LogP) is -0.971. The summed E-state index contributed by atoms with van der Waals surface area (Å²) in [4.78, 5) is 47.9. The molecule has 14 heteroatoms. The number of nitrogen functional groups attached to an aromatic ring is 1. The summed E-state index contributed by atoms with van der Waals surface area (Å²) in [7, 11) is 1.28. The van der Waals surface area contributed by atoms with Crippen LogP contribution in [0.3, 0.4) is 0 Å². The first kappa shape index (κ1) is 23.8. The Morgan fingerprint density at radius 2 is 2.25 bits per heavy atom. The molecule has 0 spiro atoms. The number of thioether (sulfide) groups is 1. The maximum Gasteiger partial charge on any atom is 0.276 e. The highest BCUT2D eigenvalue weighted by molar-refractivity contribution is 8.00. The average molecular weight is 528 g/mol. The van der Waals surface area contributed by atoms with E-state index in [1.807, 2.05) is 46.7 Å². The molecule has 0 unspecified atom stereocenters. The number of β-lactam (4-membered cyclic amide) rings is 1. The number of hydrogen-bond donors (Lipinski definition) is 2. The van der Waals surface area contributed by atoms with Crippen LogP contribution in [0.2, 0.25) is 0 Å². The van der Waals surface area contributed by atoms with Gasteiger partial charge in [0.1, 0.15) is 37.0 Å². The third-order valence-corrected chi connectivity index (χ3v) is 7.82. The van der Waals surface area contributed by atoms with Crippen molar-refractivity contribution in [1.82, 2.24) is 19.8 Å². The Morgan fingerprint density at radius 1 is 1.44 bits per heavy atom. The van der Waals surface area contributed by atoms with E-state index in [4.69, 9.17) is 10.6 Å². The molecule has 3 aromatic rings. The van der Waals surface area contributed by atoms with Gasteiger partial charge in [0, 0.05) is 16.7 Å². The van der Waals surface area contributed by atoms with Gasteiger partial charge in [-0.1, -0.05) is 5.16 Å². The van der Waals surface area contributed by atoms with Crippen LogP contribution < -0.4 is 20.6 Å². The van der Waals surface area contributed by atoms with Crippen molar-refractivity contribution in [1.29, 1.82) is 0 Å². The fraction of sp³-hybridized carbons (Fsp3) is 0.273. The van der Waals surface area contributed by atoms with Crippen molar-refractivity contribution < 1.29 is 28.7 Å². The smallest absolute Gasteiger partial charge is 0.276 e. The molecule has 2 aliphatic heterocycles. The topological polar surface area (TPSA) is 159 Å². The highest BCUT2D eigenvalue weighted by atomic mass is 32.2. The summed E-state index contributed by atoms with van der Waals surface area (Å²) < 4.78 is 3.80. The second kappa shape index (κ2) is 9.28. The molecule has 5 heterocycles. The molecule has 0 bridgehead atoms. The molecule has 1 fully saturated rings. The minimum Gasteiger partial charge on any atom is -0.543 e. The number of aryl methyl sites for hydroxylation is 1. The van der Waals surface area contributed by atoms with E-state index < -0.39 is 29.2 Å². The summed E-state index contributed by atoms with van der Waals surface area (Å²) in [5.74, 6) is -2.32. The lowest BCUT2D eigenvalue weighted by Crippen LogP contribution is -2.71. The van der Waals surface area contributed by atoms with E-state index in [0.717, 1.165) is 22.4 Å². The second-order valence-electron chi connectivity index (χ2n) is 8.25. The number of pyridine rings is 1. The van der Waals surface area contributed by atoms with Gasteiger partial charge in [-0.25, -0.2) is 14.0 Å². The zero-order chi connectivity index (χ0) is 25.6. The molecule has 2 amide bonds. The van der Waals surface area contributed by atoms with Gasteiger partial charge >= 0.3 is 0 Å². The monoisotopic (exact) mass is 527 g/mol. The van der Waals surface area contributed by atoms with E-state index >= 15 is 0 Å². The molecule has 3 aromatic heterocycles. The number of anilines is 1. The van der Waals surface area contributed by atoms with Crippen LogP contribution in [0.4, 0.5) is 5.13 Å². The quantitative estimate of drug-likeness (QED) is 0.172. The van der Waals surface area contributed by atoms with Crippen molar-refractivity contribution in [2.75, 3.05) is 18.6 Å². The number of thiazole rings is 1. The van der Waals surface area contributed by atoms with Crippen molar-refractivity contribution in [3.63, 3.8) is 0 Å². The molecule has 0 radical (unpaired) electrons. The van der Waals surface area contributed by atoms with Gasteiger partial charge in [0.2, 0.25) is 6.33 Å². The van der Waals surface area contributed by atoms with Crippen LogP contribution in [0.5, 0.6) is 0 Å². The number of carbonyl (C=O) groups excluding carboxylic acids is 3. The Kier molecular flexibility index (Phi) is 6.14. The maximum absolute atomic E-state index is 13.0. The molecule has 5 rings (SSSR count). The third kappa shape index (κ3) is 4.18. The Bertz CT molecular complexity index is 1460. The van der Waals surface area contributed by atoms with Gasteiger partial charge in [0.25, 0.3) is 11.8 Å². The van der Waals surface area contributed by atoms with Crippen LogP contribution in [0.1, 0.15) is 11.3 Å². The standard InChI is InChI=1S/C22H21N7O5S2/c1-11-3-4-28-10-27(7-13(28)5-11)6-12-8-35-20-16(19(31)29(20)17(12)21(32)33)25-18(30)15(26-34-2)14-9-36-22(23)24-14/h3-5,7,9-10,16,20H,6,8H2,1-2H3,(H3-,23,24,25,30,32,33)/b26-15-/t16-,20-/m1/s1. The van der Waals surface area contributed by atoms with Crippen LogP contribution in [0.25, 0.3) is 5.52 Å². The molecule has 0 aliphatic carbocycles. The van der Waals surface area contributed by atoms with Crippen LogP contribution in [0, 0.1) is 6.92 Å². The number of carbonyl (C=O) groups is 3. The molecule has 0 aromatic carbocycles. The summed E-state index contributed by atoms with van der Waals surface area (Å²) in [6.45, 7) is 2.27. The van der Waals surface area contributed by atoms with Crippen LogP contribution >= 0.6 is 23.1 Å². The normalized spacial score (nSPS) is 19.8. The first-order valence-corrected chi connectivity index (χ1v) is 12.7. The van der Waals surface area contributed by atoms with Crippen LogP contribution in [0.15, 0.2) is 52.7 Å². The summed E-state index contributed by atoms with van der Waals surface area (Å²) in [6, 6.07) is 3.05. The number of fused-ring (bicyclic) bond motifs is 2. The number of nitrogens with one attached hydrogen (secondary N) is 1. The number of rotatable bonds is 7. The lowest BCUT2D eigenvalue weighted by molar-refractivity contribution is -0.512. The van der Waals surface area contributed by atoms with E-state index in [-0.39, 0.29) is 28.8 Å². The minimum absolute atomic E-state index is 0.138. The number of oxime groups is 1. The number of aromatic nitrogens is 3. The van der Waals surface area contributed by atoms with Gasteiger partial charge in [-0.15, -0.1) is 23.1 Å². The molecule has 0 saturated carbocycles. The first-order chi connectivity index (χ1) is 17.3. The summed E-state index contributed by atoms with van der Waals surface area (Å²) in [5.41, 5.74) is 8.18. The Labute approximate surface area is 213 Å². The Hall–Kier alpha value is -3.91. The highest BCUT2D eigenvalue weighted by Crippen LogP contribution is 2.40. The number of aliphatic carboxylic acids is 1. The molecule has 186 valence electrons. The lowest BCUT2D eigenvalue weighted by atomic mass is 10.0. The van der Waals surface area contributed by atoms with Crippen LogP contribution in [-0.4, -0.2) is 62.2 Å². The molecular formula is C22H21N7O5S2. The minimum atomic E-state index is -1.44. The van der Waals surface area contributed by atoms with Crippen molar-refractivity contribution in [2.45, 2.75) is 24.9 Å². The number of amides is 2. The zero-order valence-corrected chi connectivity index (χ0v) is 20.8. The van der Waals surface area contributed by atoms with Crippen molar-refractivity contribution in [3.8, 4) is 0 Å². The maximum atomic E-state index is 13.0. The first-order valence-electron chi connectivity index (χ1n) is 10.8. The Morgan fingerprint density at radius 3 is 2.94 bits per heavy atom. The average Bonchev–Trinajstić information content (AvgIpc) is 3.45. The van der Waals surface area contributed by atoms with Crippen molar-refractivity contribution in [3.05, 3.63) is 58.8 Å². The van der Waals surface area contributed by atoms with Gasteiger partial charge in [0.15, 0.2) is 16.4 Å². The number of nitrogens with two attached hydrogens (primary N) is 1. The number of nitrogens with zero attached hydrogens (tertiary/aromatic N) is 5. The van der Waals surface area contributed by atoms with Crippen molar-refractivity contribution >= 4 is 57.2 Å². The molecule has 12 nitrogen and oxygen atoms in total. The largest absolute Gasteiger partial charge is 0.543 e. The predicted molar refractivity (Wildman–Crippen MR) is 129 cm³/mol. The summed E-state index contributed by atoms with van der Waals surface area (Å²) >= 11 is 2.49. The molecule has 36 heavy (non-hydrogen) atoms. The summed E-state index contributed by atoms with van der Waals surface area (Å²) in [6.07, 6.45) is 5.69. The molecular weight excluding hydrogens is 506 g/mol. The zero-order valence-electron chi connectivity index (χ0n) is 19.2. The molecule has 2 atom stereocenters. The number of carboxylic acid groups (broad SMARTS) is 1. The highest BCUT2D eigenvalue weighted by Gasteiger charge is 2.53. The van der Waals surface area contributed by atoms with Gasteiger partial charge in [-0.3, -0.25) is 14.5 Å². The van der Waals surface area contributed by atoms with Gasteiger partial charge in [-0.2, -0.15) is 0 Å². The van der Waals surface area contributed by atoms with E-state index in [2.05, 4.69) is 15.5 Å². The number of carboxylic acids is 1. The van der Waals surface area contributed by atoms with E-state index in [1.165, 1.54) is 23.8 Å². The SMILES string of the molecule is CO/N=C(\C(=O)N[C@@H]1C(=O)N2C(C(=O)[O-])=C(Cn3cc4cc(C)cc[n+]4c3)CS[C@H]12)c1csc(N)n1. The van der Waals surface area contributed by atoms with Gasteiger partial charge in [0.05, 0.1) is 17.9 Å². The van der Waals surface area contributed by atoms with E-state index in [0.29, 0.717) is 11.3 Å². The van der Waals surface area contributed by atoms with Gasteiger partial charge < -0.3 is 25.8 Å². The van der Waals surface area contributed by atoms with E-state index in [1.54, 1.807) is 5.38 Å². The Balaban J connectivity index is 1.36. The van der Waals surface area contributed by atoms with Crippen LogP contribution in [-0.2, 0) is 25.8 Å². The second-order valence-corrected chi connectivity index (χ2v) is 10.2. The number of imidazole rings is 1. The lowest BCUT2D eigenvalue weighted by Gasteiger charge is -2.50. The summed E-state index contributed by atoms with van der Waals surface area (Å²) in [5, 5.41) is 19.6. The number of hydrogen-bond acceptors (Lipinski definition) is 10. The van der Waals surface area contributed by atoms with E-state index in [9.17, 15) is 19.5 Å². The fourth-order valence-electron chi connectivity index (χ4n) is 4.21. The van der Waals surface area contributed by atoms with Crippen molar-refractivity contribution in [2.24, 2.45) is 5.16 Å². The van der Waals surface area contributed by atoms with Gasteiger partial charge in [-0.05, 0) is 24.6 Å². The fourth-order valence-corrected chi connectivity index (χ4v) is 6.10. The molecule has 1 saturated heterocycles.